The molecule has 1 amide bonds. The second-order valence-electron chi connectivity index (χ2n) is 6.81. The van der Waals surface area contributed by atoms with Crippen molar-refractivity contribution >= 4 is 11.7 Å². The molecule has 1 aromatic rings. The van der Waals surface area contributed by atoms with Crippen LogP contribution in [0.3, 0.4) is 0 Å². The number of anilines is 1. The van der Waals surface area contributed by atoms with Gasteiger partial charge in [0.2, 0.25) is 5.67 Å². The fraction of sp³-hybridized carbons (Fsp3) is 0.688. The highest BCUT2D eigenvalue weighted by Gasteiger charge is 2.47. The van der Waals surface area contributed by atoms with Crippen LogP contribution >= 0.6 is 0 Å². The van der Waals surface area contributed by atoms with Crippen LogP contribution in [0.2, 0.25) is 0 Å². The van der Waals surface area contributed by atoms with Crippen molar-refractivity contribution < 1.29 is 9.18 Å². The minimum atomic E-state index is -1.79. The standard InChI is InChI=1S/C16H21FN4O/c17-16(15(22)20-12-4-5-12)6-7-21(9-16)14-8-13(18-10-19-14)11-2-1-3-11/h8,10-12H,1-7,9H2,(H,20,22). The van der Waals surface area contributed by atoms with Crippen LogP contribution < -0.4 is 10.2 Å². The molecule has 2 aliphatic carbocycles. The van der Waals surface area contributed by atoms with E-state index in [-0.39, 0.29) is 19.0 Å². The lowest BCUT2D eigenvalue weighted by molar-refractivity contribution is -0.131. The predicted molar refractivity (Wildman–Crippen MR) is 80.5 cm³/mol. The zero-order valence-electron chi connectivity index (χ0n) is 12.6. The van der Waals surface area contributed by atoms with Gasteiger partial charge in [-0.05, 0) is 25.7 Å². The molecule has 1 N–H and O–H groups in total. The Labute approximate surface area is 129 Å². The fourth-order valence-electron chi connectivity index (χ4n) is 3.16. The third-order valence-electron chi connectivity index (χ3n) is 5.06. The number of alkyl halides is 1. The summed E-state index contributed by atoms with van der Waals surface area (Å²) in [5, 5.41) is 2.78. The molecule has 0 spiro atoms. The first-order chi connectivity index (χ1) is 10.6. The van der Waals surface area contributed by atoms with Crippen LogP contribution in [0.15, 0.2) is 12.4 Å². The second-order valence-corrected chi connectivity index (χ2v) is 6.81. The predicted octanol–water partition coefficient (Wildman–Crippen LogP) is 1.94. The number of nitrogens with zero attached hydrogens (tertiary/aromatic N) is 3. The minimum absolute atomic E-state index is 0.0900. The van der Waals surface area contributed by atoms with E-state index in [1.807, 2.05) is 11.0 Å². The maximum absolute atomic E-state index is 14.9. The lowest BCUT2D eigenvalue weighted by Crippen LogP contribution is -2.46. The summed E-state index contributed by atoms with van der Waals surface area (Å²) in [6.45, 7) is 0.613. The second kappa shape index (κ2) is 5.18. The van der Waals surface area contributed by atoms with E-state index in [4.69, 9.17) is 0 Å². The molecule has 0 bridgehead atoms. The average molecular weight is 304 g/mol. The molecule has 0 aromatic carbocycles. The van der Waals surface area contributed by atoms with Gasteiger partial charge in [-0.25, -0.2) is 14.4 Å². The molecule has 1 aliphatic heterocycles. The van der Waals surface area contributed by atoms with Gasteiger partial charge in [-0.1, -0.05) is 6.42 Å². The van der Waals surface area contributed by atoms with Crippen LogP contribution in [-0.2, 0) is 4.79 Å². The summed E-state index contributed by atoms with van der Waals surface area (Å²) < 4.78 is 14.9. The lowest BCUT2D eigenvalue weighted by Gasteiger charge is -2.26. The number of amides is 1. The topological polar surface area (TPSA) is 58.1 Å². The van der Waals surface area contributed by atoms with Crippen LogP contribution in [0.25, 0.3) is 0 Å². The van der Waals surface area contributed by atoms with E-state index in [0.29, 0.717) is 12.5 Å². The van der Waals surface area contributed by atoms with Crippen LogP contribution in [0, 0.1) is 0 Å². The van der Waals surface area contributed by atoms with Crippen molar-refractivity contribution in [3.63, 3.8) is 0 Å². The third-order valence-corrected chi connectivity index (χ3v) is 5.06. The van der Waals surface area contributed by atoms with Gasteiger partial charge in [0.1, 0.15) is 12.1 Å². The molecule has 1 atom stereocenters. The zero-order valence-corrected chi connectivity index (χ0v) is 12.6. The molecule has 4 rings (SSSR count). The van der Waals surface area contributed by atoms with E-state index >= 15 is 0 Å². The average Bonchev–Trinajstić information content (AvgIpc) is 3.17. The van der Waals surface area contributed by atoms with Gasteiger partial charge in [-0.2, -0.15) is 0 Å². The van der Waals surface area contributed by atoms with Gasteiger partial charge in [0.25, 0.3) is 5.91 Å². The molecular weight excluding hydrogens is 283 g/mol. The number of nitrogens with one attached hydrogen (secondary N) is 1. The monoisotopic (exact) mass is 304 g/mol. The quantitative estimate of drug-likeness (QED) is 0.923. The minimum Gasteiger partial charge on any atom is -0.353 e. The van der Waals surface area contributed by atoms with Crippen molar-refractivity contribution in [2.24, 2.45) is 0 Å². The van der Waals surface area contributed by atoms with Gasteiger partial charge in [-0.3, -0.25) is 4.79 Å². The number of carbonyl (C=O) groups is 1. The van der Waals surface area contributed by atoms with Crippen molar-refractivity contribution in [3.8, 4) is 0 Å². The van der Waals surface area contributed by atoms with Gasteiger partial charge in [0.15, 0.2) is 0 Å². The summed E-state index contributed by atoms with van der Waals surface area (Å²) in [6, 6.07) is 2.16. The first-order valence-electron chi connectivity index (χ1n) is 8.21. The highest BCUT2D eigenvalue weighted by atomic mass is 19.1. The van der Waals surface area contributed by atoms with E-state index in [2.05, 4.69) is 15.3 Å². The van der Waals surface area contributed by atoms with Crippen LogP contribution in [0.1, 0.15) is 50.1 Å². The highest BCUT2D eigenvalue weighted by Crippen LogP contribution is 2.37. The molecule has 22 heavy (non-hydrogen) atoms. The molecule has 5 nitrogen and oxygen atoms in total. The molecule has 3 aliphatic rings. The number of carbonyl (C=O) groups excluding carboxylic acids is 1. The maximum Gasteiger partial charge on any atom is 0.259 e. The molecule has 118 valence electrons. The van der Waals surface area contributed by atoms with Gasteiger partial charge in [0.05, 0.1) is 6.54 Å². The Kier molecular flexibility index (Phi) is 3.27. The van der Waals surface area contributed by atoms with Crippen LogP contribution in [0.4, 0.5) is 10.2 Å². The summed E-state index contributed by atoms with van der Waals surface area (Å²) in [5.41, 5.74) is -0.737. The SMILES string of the molecule is O=C(NC1CC1)C1(F)CCN(c2cc(C3CCC3)ncn2)C1. The number of rotatable bonds is 4. The number of halogens is 1. The Morgan fingerprint density at radius 3 is 2.82 bits per heavy atom. The Bertz CT molecular complexity index is 587. The lowest BCUT2D eigenvalue weighted by atomic mass is 9.83. The molecular formula is C16H21FN4O. The van der Waals surface area contributed by atoms with E-state index in [1.165, 1.54) is 19.3 Å². The van der Waals surface area contributed by atoms with Crippen molar-refractivity contribution in [2.45, 2.75) is 56.2 Å². The number of hydrogen-bond acceptors (Lipinski definition) is 4. The molecule has 1 aromatic heterocycles. The highest BCUT2D eigenvalue weighted by molar-refractivity contribution is 5.87. The van der Waals surface area contributed by atoms with E-state index in [1.54, 1.807) is 6.33 Å². The number of hydrogen-bond donors (Lipinski definition) is 1. The molecule has 1 saturated heterocycles. The van der Waals surface area contributed by atoms with Crippen molar-refractivity contribution in [2.75, 3.05) is 18.0 Å². The first-order valence-corrected chi connectivity index (χ1v) is 8.21. The Morgan fingerprint density at radius 2 is 2.14 bits per heavy atom. The summed E-state index contributed by atoms with van der Waals surface area (Å²) in [4.78, 5) is 22.6. The normalized spacial score (nSPS) is 28.5. The maximum atomic E-state index is 14.9. The summed E-state index contributed by atoms with van der Waals surface area (Å²) >= 11 is 0. The van der Waals surface area contributed by atoms with E-state index in [9.17, 15) is 9.18 Å². The van der Waals surface area contributed by atoms with E-state index in [0.717, 1.165) is 24.4 Å². The molecule has 6 heteroatoms. The Hall–Kier alpha value is -1.72. The molecule has 2 heterocycles. The Morgan fingerprint density at radius 1 is 1.32 bits per heavy atom. The molecule has 3 fully saturated rings. The first kappa shape index (κ1) is 13.9. The van der Waals surface area contributed by atoms with Gasteiger partial charge < -0.3 is 10.2 Å². The summed E-state index contributed by atoms with van der Waals surface area (Å²) in [5.74, 6) is 0.819. The smallest absolute Gasteiger partial charge is 0.259 e. The number of aromatic nitrogens is 2. The molecule has 2 saturated carbocycles. The molecule has 0 radical (unpaired) electrons. The van der Waals surface area contributed by atoms with Crippen LogP contribution in [0.5, 0.6) is 0 Å². The third kappa shape index (κ3) is 2.55. The van der Waals surface area contributed by atoms with Gasteiger partial charge in [0, 0.05) is 36.7 Å². The van der Waals surface area contributed by atoms with Gasteiger partial charge >= 0.3 is 0 Å². The van der Waals surface area contributed by atoms with Crippen molar-refractivity contribution in [1.29, 1.82) is 0 Å². The summed E-state index contributed by atoms with van der Waals surface area (Å²) in [6.07, 6.45) is 7.34. The zero-order chi connectivity index (χ0) is 15.2. The van der Waals surface area contributed by atoms with Crippen molar-refractivity contribution in [1.82, 2.24) is 15.3 Å². The van der Waals surface area contributed by atoms with Gasteiger partial charge in [-0.15, -0.1) is 0 Å². The Balaban J connectivity index is 1.46. The largest absolute Gasteiger partial charge is 0.353 e. The fourth-order valence-corrected chi connectivity index (χ4v) is 3.16. The van der Waals surface area contributed by atoms with Crippen LogP contribution in [-0.4, -0.2) is 40.7 Å². The summed E-state index contributed by atoms with van der Waals surface area (Å²) in [7, 11) is 0. The van der Waals surface area contributed by atoms with Crippen molar-refractivity contribution in [3.05, 3.63) is 18.1 Å². The van der Waals surface area contributed by atoms with E-state index < -0.39 is 11.6 Å². The molecule has 1 unspecified atom stereocenters.